The molecule has 0 saturated carbocycles. The van der Waals surface area contributed by atoms with Crippen LogP contribution in [0, 0.1) is 13.8 Å². The predicted molar refractivity (Wildman–Crippen MR) is 159 cm³/mol. The highest BCUT2D eigenvalue weighted by Gasteiger charge is 2.22. The average molecular weight is 461 g/mol. The molecule has 0 nitrogen and oxygen atoms in total. The Morgan fingerprint density at radius 3 is 1.17 bits per heavy atom. The van der Waals surface area contributed by atoms with Crippen LogP contribution in [0.5, 0.6) is 0 Å². The zero-order chi connectivity index (χ0) is 24.8. The van der Waals surface area contributed by atoms with Crippen molar-refractivity contribution >= 4 is 44.5 Å². The lowest BCUT2D eigenvalue weighted by Gasteiger charge is -2.23. The SMILES string of the molecule is C=Cc1c(C=C)c(-c2c(C)ccc3ccccc23)c2ccccc2c1-c1c(C)ccc2ccccc12. The Morgan fingerprint density at radius 1 is 0.417 bits per heavy atom. The number of rotatable bonds is 4. The van der Waals surface area contributed by atoms with Gasteiger partial charge in [0.15, 0.2) is 0 Å². The molecule has 0 aliphatic heterocycles. The van der Waals surface area contributed by atoms with Crippen molar-refractivity contribution in [2.75, 3.05) is 0 Å². The third kappa shape index (κ3) is 3.22. The summed E-state index contributed by atoms with van der Waals surface area (Å²) in [5.74, 6) is 0. The van der Waals surface area contributed by atoms with E-state index in [0.29, 0.717) is 0 Å². The second-order valence-electron chi connectivity index (χ2n) is 9.49. The van der Waals surface area contributed by atoms with Crippen LogP contribution in [0.1, 0.15) is 22.3 Å². The van der Waals surface area contributed by atoms with Gasteiger partial charge in [-0.3, -0.25) is 0 Å². The second-order valence-corrected chi connectivity index (χ2v) is 9.49. The number of aryl methyl sites for hydroxylation is 2. The van der Waals surface area contributed by atoms with Gasteiger partial charge in [-0.25, -0.2) is 0 Å². The monoisotopic (exact) mass is 460 g/mol. The van der Waals surface area contributed by atoms with Crippen LogP contribution in [0.3, 0.4) is 0 Å². The van der Waals surface area contributed by atoms with Gasteiger partial charge >= 0.3 is 0 Å². The molecule has 0 spiro atoms. The molecule has 6 aromatic carbocycles. The summed E-state index contributed by atoms with van der Waals surface area (Å²) in [5, 5.41) is 7.47. The Balaban J connectivity index is 1.87. The van der Waals surface area contributed by atoms with Crippen molar-refractivity contribution in [1.29, 1.82) is 0 Å². The van der Waals surface area contributed by atoms with Crippen LogP contribution in [0.15, 0.2) is 110 Å². The van der Waals surface area contributed by atoms with Crippen molar-refractivity contribution in [3.05, 3.63) is 132 Å². The van der Waals surface area contributed by atoms with E-state index in [4.69, 9.17) is 0 Å². The van der Waals surface area contributed by atoms with E-state index in [9.17, 15) is 0 Å². The van der Waals surface area contributed by atoms with Gasteiger partial charge < -0.3 is 0 Å². The van der Waals surface area contributed by atoms with Gasteiger partial charge in [-0.15, -0.1) is 0 Å². The minimum atomic E-state index is 1.13. The van der Waals surface area contributed by atoms with Crippen LogP contribution in [0.2, 0.25) is 0 Å². The highest BCUT2D eigenvalue weighted by Crippen LogP contribution is 2.47. The van der Waals surface area contributed by atoms with Crippen LogP contribution in [-0.4, -0.2) is 0 Å². The standard InChI is InChI=1S/C36H28/c1-5-27-28(6-2)36(34-24(4)20-22-26-14-8-10-16-30(26)34)32-18-12-11-17-31(32)35(27)33-23(3)19-21-25-13-7-9-15-29(25)33/h5-22H,1-2H2,3-4H3. The van der Waals surface area contributed by atoms with E-state index in [1.165, 1.54) is 65.7 Å². The van der Waals surface area contributed by atoms with Gasteiger partial charge in [-0.1, -0.05) is 122 Å². The van der Waals surface area contributed by atoms with Crippen LogP contribution < -0.4 is 0 Å². The van der Waals surface area contributed by atoms with E-state index in [0.717, 1.165) is 11.1 Å². The summed E-state index contributed by atoms with van der Waals surface area (Å²) < 4.78 is 0. The summed E-state index contributed by atoms with van der Waals surface area (Å²) in [7, 11) is 0. The van der Waals surface area contributed by atoms with Gasteiger partial charge in [0.25, 0.3) is 0 Å². The molecule has 0 heterocycles. The molecule has 6 aromatic rings. The second kappa shape index (κ2) is 8.66. The molecule has 6 rings (SSSR count). The highest BCUT2D eigenvalue weighted by atomic mass is 14.3. The van der Waals surface area contributed by atoms with E-state index in [-0.39, 0.29) is 0 Å². The smallest absolute Gasteiger partial charge is 0.00177 e. The van der Waals surface area contributed by atoms with Crippen molar-refractivity contribution in [3.63, 3.8) is 0 Å². The molecule has 0 fully saturated rings. The third-order valence-corrected chi connectivity index (χ3v) is 7.48. The van der Waals surface area contributed by atoms with Crippen LogP contribution in [0.4, 0.5) is 0 Å². The van der Waals surface area contributed by atoms with E-state index in [2.05, 4.69) is 124 Å². The lowest BCUT2D eigenvalue weighted by Crippen LogP contribution is -1.99. The lowest BCUT2D eigenvalue weighted by atomic mass is 9.79. The van der Waals surface area contributed by atoms with E-state index in [1.54, 1.807) is 0 Å². The van der Waals surface area contributed by atoms with E-state index in [1.807, 2.05) is 12.2 Å². The Bertz CT molecular complexity index is 1700. The lowest BCUT2D eigenvalue weighted by molar-refractivity contribution is 1.47. The van der Waals surface area contributed by atoms with Crippen LogP contribution in [-0.2, 0) is 0 Å². The summed E-state index contributed by atoms with van der Waals surface area (Å²) >= 11 is 0. The number of benzene rings is 6. The quantitative estimate of drug-likeness (QED) is 0.245. The molecule has 0 aliphatic carbocycles. The van der Waals surface area contributed by atoms with E-state index >= 15 is 0 Å². The van der Waals surface area contributed by atoms with Gasteiger partial charge in [0.2, 0.25) is 0 Å². The Kier molecular flexibility index (Phi) is 5.31. The van der Waals surface area contributed by atoms with Crippen molar-refractivity contribution in [3.8, 4) is 22.3 Å². The Hall–Kier alpha value is -4.42. The third-order valence-electron chi connectivity index (χ3n) is 7.48. The maximum Gasteiger partial charge on any atom is -0.00177 e. The molecule has 0 aliphatic rings. The maximum absolute atomic E-state index is 4.31. The summed E-state index contributed by atoms with van der Waals surface area (Å²) in [4.78, 5) is 0. The summed E-state index contributed by atoms with van der Waals surface area (Å²) in [6.45, 7) is 13.0. The number of hydrogen-bond donors (Lipinski definition) is 0. The topological polar surface area (TPSA) is 0 Å². The zero-order valence-electron chi connectivity index (χ0n) is 20.8. The fourth-order valence-corrected chi connectivity index (χ4v) is 5.87. The first-order valence-corrected chi connectivity index (χ1v) is 12.4. The first-order chi connectivity index (χ1) is 17.6. The first kappa shape index (κ1) is 22.1. The minimum Gasteiger partial charge on any atom is -0.0984 e. The molecule has 0 amide bonds. The molecule has 0 aromatic heterocycles. The molecular weight excluding hydrogens is 432 g/mol. The molecule has 0 N–H and O–H groups in total. The van der Waals surface area contributed by atoms with Gasteiger partial charge in [0, 0.05) is 0 Å². The largest absolute Gasteiger partial charge is 0.0984 e. The average Bonchev–Trinajstić information content (AvgIpc) is 2.92. The van der Waals surface area contributed by atoms with Gasteiger partial charge in [-0.05, 0) is 90.7 Å². The molecule has 0 saturated heterocycles. The molecule has 0 bridgehead atoms. The molecule has 0 atom stereocenters. The minimum absolute atomic E-state index is 1.13. The molecule has 0 unspecified atom stereocenters. The summed E-state index contributed by atoms with van der Waals surface area (Å²) in [6, 6.07) is 35.0. The summed E-state index contributed by atoms with van der Waals surface area (Å²) in [5.41, 5.74) is 9.76. The Morgan fingerprint density at radius 2 is 0.778 bits per heavy atom. The van der Waals surface area contributed by atoms with Crippen LogP contribution in [0.25, 0.3) is 66.7 Å². The van der Waals surface area contributed by atoms with Gasteiger partial charge in [-0.2, -0.15) is 0 Å². The fourth-order valence-electron chi connectivity index (χ4n) is 5.87. The molecule has 36 heavy (non-hydrogen) atoms. The molecular formula is C36H28. The van der Waals surface area contributed by atoms with Crippen molar-refractivity contribution in [2.45, 2.75) is 13.8 Å². The normalized spacial score (nSPS) is 11.3. The zero-order valence-corrected chi connectivity index (χ0v) is 20.8. The molecule has 0 heteroatoms. The molecule has 172 valence electrons. The van der Waals surface area contributed by atoms with Crippen molar-refractivity contribution < 1.29 is 0 Å². The predicted octanol–water partition coefficient (Wildman–Crippen LogP) is 10.4. The highest BCUT2D eigenvalue weighted by molar-refractivity contribution is 6.18. The van der Waals surface area contributed by atoms with Gasteiger partial charge in [0.05, 0.1) is 0 Å². The first-order valence-electron chi connectivity index (χ1n) is 12.4. The van der Waals surface area contributed by atoms with Crippen molar-refractivity contribution in [1.82, 2.24) is 0 Å². The van der Waals surface area contributed by atoms with E-state index < -0.39 is 0 Å². The number of hydrogen-bond acceptors (Lipinski definition) is 0. The van der Waals surface area contributed by atoms with Crippen LogP contribution >= 0.6 is 0 Å². The Labute approximate surface area is 212 Å². The number of fused-ring (bicyclic) bond motifs is 3. The van der Waals surface area contributed by atoms with Gasteiger partial charge in [0.1, 0.15) is 0 Å². The van der Waals surface area contributed by atoms with Crippen molar-refractivity contribution in [2.24, 2.45) is 0 Å². The maximum atomic E-state index is 4.31. The summed E-state index contributed by atoms with van der Waals surface area (Å²) in [6.07, 6.45) is 4.04. The fraction of sp³-hybridized carbons (Fsp3) is 0.0556. The molecule has 0 radical (unpaired) electrons.